The summed E-state index contributed by atoms with van der Waals surface area (Å²) in [6, 6.07) is 3.66. The second kappa shape index (κ2) is 8.78. The fourth-order valence-corrected chi connectivity index (χ4v) is 4.10. The van der Waals surface area contributed by atoms with Gasteiger partial charge in [-0.05, 0) is 69.8 Å². The topological polar surface area (TPSA) is 83.8 Å². The number of carbonyl (C=O) groups is 1. The summed E-state index contributed by atoms with van der Waals surface area (Å²) in [6.45, 7) is 2.13. The van der Waals surface area contributed by atoms with E-state index in [0.29, 0.717) is 17.4 Å². The van der Waals surface area contributed by atoms with Gasteiger partial charge >= 0.3 is 5.97 Å². The van der Waals surface area contributed by atoms with Crippen LogP contribution in [-0.4, -0.2) is 28.9 Å². The minimum absolute atomic E-state index is 0.157. The normalized spacial score (nSPS) is 10.9. The lowest BCUT2D eigenvalue weighted by Crippen LogP contribution is -2.07. The van der Waals surface area contributed by atoms with Gasteiger partial charge in [-0.25, -0.2) is 4.98 Å². The number of hydrogen-bond donors (Lipinski definition) is 2. The molecule has 0 fully saturated rings. The van der Waals surface area contributed by atoms with E-state index in [9.17, 15) is 9.90 Å². The summed E-state index contributed by atoms with van der Waals surface area (Å²) < 4.78 is 6.41. The number of aromatic hydroxyl groups is 1. The summed E-state index contributed by atoms with van der Waals surface area (Å²) in [5, 5.41) is 16.2. The first-order chi connectivity index (χ1) is 11.0. The number of rotatable bonds is 6. The molecule has 0 aliphatic carbocycles. The molecule has 1 aromatic carbocycles. The van der Waals surface area contributed by atoms with Gasteiger partial charge in [0.05, 0.1) is 32.1 Å². The van der Waals surface area contributed by atoms with Gasteiger partial charge < -0.3 is 9.84 Å². The molecule has 9 heteroatoms. The summed E-state index contributed by atoms with van der Waals surface area (Å²) in [5.41, 5.74) is 4.35. The Bertz CT molecular complexity index is 711. The standard InChI is InChI=1S/C14H13I2N3O3S/c1-2-22-12(20)5-9-7-23-14(18-9)19-17-6-8-3-10(15)13(21)11(16)4-8/h3-4,6-7,21H,2,5H2,1H3,(H,18,19). The molecular formula is C14H13I2N3O3S. The van der Waals surface area contributed by atoms with Crippen LogP contribution in [0.15, 0.2) is 22.6 Å². The highest BCUT2D eigenvalue weighted by molar-refractivity contribution is 14.1. The molecule has 0 saturated heterocycles. The van der Waals surface area contributed by atoms with Crippen LogP contribution in [0.5, 0.6) is 5.75 Å². The average Bonchev–Trinajstić information content (AvgIpc) is 2.92. The molecule has 2 aromatic rings. The Morgan fingerprint density at radius 3 is 2.83 bits per heavy atom. The zero-order chi connectivity index (χ0) is 16.8. The second-order valence-corrected chi connectivity index (χ2v) is 7.51. The molecular weight excluding hydrogens is 544 g/mol. The maximum atomic E-state index is 11.4. The van der Waals surface area contributed by atoms with E-state index in [0.717, 1.165) is 12.7 Å². The molecule has 2 rings (SSSR count). The quantitative estimate of drug-likeness (QED) is 0.246. The van der Waals surface area contributed by atoms with Crippen LogP contribution in [0, 0.1) is 7.14 Å². The summed E-state index contributed by atoms with van der Waals surface area (Å²) in [6.07, 6.45) is 1.81. The molecule has 6 nitrogen and oxygen atoms in total. The number of nitrogens with one attached hydrogen (secondary N) is 1. The Balaban J connectivity index is 1.96. The first kappa shape index (κ1) is 18.4. The summed E-state index contributed by atoms with van der Waals surface area (Å²) >= 11 is 5.50. The van der Waals surface area contributed by atoms with E-state index in [2.05, 4.69) is 60.7 Å². The summed E-state index contributed by atoms with van der Waals surface area (Å²) in [4.78, 5) is 15.6. The molecule has 1 aromatic heterocycles. The molecule has 2 N–H and O–H groups in total. The molecule has 0 spiro atoms. The third-order valence-corrected chi connectivity index (χ3v) is 5.04. The largest absolute Gasteiger partial charge is 0.506 e. The third-order valence-electron chi connectivity index (χ3n) is 2.60. The van der Waals surface area contributed by atoms with Crippen molar-refractivity contribution in [2.45, 2.75) is 13.3 Å². The first-order valence-corrected chi connectivity index (χ1v) is 9.60. The van der Waals surface area contributed by atoms with E-state index >= 15 is 0 Å². The number of hydrazone groups is 1. The van der Waals surface area contributed by atoms with Gasteiger partial charge in [-0.3, -0.25) is 10.2 Å². The fraction of sp³-hybridized carbons (Fsp3) is 0.214. The average molecular weight is 557 g/mol. The summed E-state index contributed by atoms with van der Waals surface area (Å²) in [7, 11) is 0. The van der Waals surface area contributed by atoms with Crippen LogP contribution in [0.25, 0.3) is 0 Å². The van der Waals surface area contributed by atoms with Crippen molar-refractivity contribution in [2.24, 2.45) is 5.10 Å². The zero-order valence-corrected chi connectivity index (χ0v) is 17.2. The van der Waals surface area contributed by atoms with Crippen LogP contribution in [0.1, 0.15) is 18.2 Å². The van der Waals surface area contributed by atoms with Crippen molar-refractivity contribution in [3.05, 3.63) is 35.9 Å². The SMILES string of the molecule is CCOC(=O)Cc1csc(NN=Cc2cc(I)c(O)c(I)c2)n1. The van der Waals surface area contributed by atoms with Crippen LogP contribution in [0.2, 0.25) is 0 Å². The van der Waals surface area contributed by atoms with Crippen molar-refractivity contribution in [1.82, 2.24) is 4.98 Å². The third kappa shape index (κ3) is 5.57. The molecule has 1 heterocycles. The van der Waals surface area contributed by atoms with Crippen LogP contribution in [0.4, 0.5) is 5.13 Å². The van der Waals surface area contributed by atoms with Gasteiger partial charge in [-0.1, -0.05) is 0 Å². The number of ether oxygens (including phenoxy) is 1. The number of anilines is 1. The zero-order valence-electron chi connectivity index (χ0n) is 12.0. The number of carbonyl (C=O) groups excluding carboxylic acids is 1. The molecule has 0 saturated carbocycles. The van der Waals surface area contributed by atoms with Crippen LogP contribution < -0.4 is 5.43 Å². The molecule has 0 amide bonds. The number of thiazole rings is 1. The highest BCUT2D eigenvalue weighted by Crippen LogP contribution is 2.26. The summed E-state index contributed by atoms with van der Waals surface area (Å²) in [5.74, 6) is -0.0130. The van der Waals surface area contributed by atoms with Gasteiger partial charge in [0.25, 0.3) is 0 Å². The van der Waals surface area contributed by atoms with Gasteiger partial charge in [0.2, 0.25) is 5.13 Å². The molecule has 0 aliphatic heterocycles. The Morgan fingerprint density at radius 2 is 2.17 bits per heavy atom. The van der Waals surface area contributed by atoms with Crippen molar-refractivity contribution in [1.29, 1.82) is 0 Å². The van der Waals surface area contributed by atoms with Crippen molar-refractivity contribution >= 4 is 73.8 Å². The number of benzene rings is 1. The Kier molecular flexibility index (Phi) is 7.02. The molecule has 0 unspecified atom stereocenters. The molecule has 122 valence electrons. The van der Waals surface area contributed by atoms with Gasteiger partial charge in [-0.2, -0.15) is 5.10 Å². The predicted octanol–water partition coefficient (Wildman–Crippen LogP) is 3.61. The lowest BCUT2D eigenvalue weighted by molar-refractivity contribution is -0.142. The van der Waals surface area contributed by atoms with E-state index in [4.69, 9.17) is 4.74 Å². The van der Waals surface area contributed by atoms with E-state index in [1.165, 1.54) is 11.3 Å². The smallest absolute Gasteiger partial charge is 0.311 e. The van der Waals surface area contributed by atoms with Crippen LogP contribution in [0.3, 0.4) is 0 Å². The monoisotopic (exact) mass is 557 g/mol. The number of nitrogens with zero attached hydrogens (tertiary/aromatic N) is 2. The second-order valence-electron chi connectivity index (χ2n) is 4.33. The minimum Gasteiger partial charge on any atom is -0.506 e. The van der Waals surface area contributed by atoms with Gasteiger partial charge in [-0.15, -0.1) is 11.3 Å². The van der Waals surface area contributed by atoms with Crippen molar-refractivity contribution in [2.75, 3.05) is 12.0 Å². The molecule has 0 aliphatic rings. The lowest BCUT2D eigenvalue weighted by atomic mass is 10.2. The highest BCUT2D eigenvalue weighted by Gasteiger charge is 2.08. The minimum atomic E-state index is -0.291. The van der Waals surface area contributed by atoms with E-state index in [-0.39, 0.29) is 18.1 Å². The lowest BCUT2D eigenvalue weighted by Gasteiger charge is -2.02. The van der Waals surface area contributed by atoms with Gasteiger partial charge in [0.1, 0.15) is 5.75 Å². The van der Waals surface area contributed by atoms with Crippen molar-refractivity contribution in [3.63, 3.8) is 0 Å². The fourth-order valence-electron chi connectivity index (χ4n) is 1.62. The van der Waals surface area contributed by atoms with Crippen molar-refractivity contribution in [3.8, 4) is 5.75 Å². The molecule has 23 heavy (non-hydrogen) atoms. The predicted molar refractivity (Wildman–Crippen MR) is 107 cm³/mol. The highest BCUT2D eigenvalue weighted by atomic mass is 127. The number of esters is 1. The van der Waals surface area contributed by atoms with E-state index in [1.54, 1.807) is 18.5 Å². The van der Waals surface area contributed by atoms with Crippen molar-refractivity contribution < 1.29 is 14.6 Å². The molecule has 0 atom stereocenters. The van der Waals surface area contributed by atoms with Gasteiger partial charge in [0.15, 0.2) is 0 Å². The number of hydrogen-bond acceptors (Lipinski definition) is 7. The maximum absolute atomic E-state index is 11.4. The van der Waals surface area contributed by atoms with Crippen LogP contribution >= 0.6 is 56.5 Å². The number of phenolic OH excluding ortho intramolecular Hbond substituents is 1. The first-order valence-electron chi connectivity index (χ1n) is 6.56. The Hall–Kier alpha value is -0.950. The Labute approximate surface area is 164 Å². The Morgan fingerprint density at radius 1 is 1.48 bits per heavy atom. The van der Waals surface area contributed by atoms with Gasteiger partial charge in [0, 0.05) is 5.38 Å². The maximum Gasteiger partial charge on any atom is 0.311 e. The van der Waals surface area contributed by atoms with E-state index in [1.807, 2.05) is 12.1 Å². The number of halogens is 2. The number of phenols is 1. The molecule has 0 bridgehead atoms. The van der Waals surface area contributed by atoms with E-state index < -0.39 is 0 Å². The van der Waals surface area contributed by atoms with Crippen LogP contribution in [-0.2, 0) is 16.0 Å². The number of aromatic nitrogens is 1. The molecule has 0 radical (unpaired) electrons.